The molecule has 1 aliphatic rings. The minimum Gasteiger partial charge on any atom is -0.373 e. The molecule has 0 aromatic carbocycles. The van der Waals surface area contributed by atoms with E-state index in [1.54, 1.807) is 0 Å². The monoisotopic (exact) mass is 148 g/mol. The zero-order valence-electron chi connectivity index (χ0n) is 6.67. The van der Waals surface area contributed by atoms with E-state index in [0.717, 1.165) is 13.1 Å². The van der Waals surface area contributed by atoms with Crippen LogP contribution in [0.15, 0.2) is 12.3 Å². The topological polar surface area (TPSA) is 19.0 Å². The fourth-order valence-corrected chi connectivity index (χ4v) is 1.36. The van der Waals surface area contributed by atoms with Crippen LogP contribution in [0.4, 0.5) is 0 Å². The molecule has 0 saturated heterocycles. The van der Waals surface area contributed by atoms with Crippen molar-refractivity contribution in [2.24, 2.45) is 0 Å². The van der Waals surface area contributed by atoms with Gasteiger partial charge in [-0.3, -0.25) is 0 Å². The first-order valence-electron chi connectivity index (χ1n) is 3.99. The molecule has 11 heavy (non-hydrogen) atoms. The van der Waals surface area contributed by atoms with Crippen molar-refractivity contribution in [1.29, 1.82) is 0 Å². The van der Waals surface area contributed by atoms with Crippen LogP contribution in [0.1, 0.15) is 6.92 Å². The summed E-state index contributed by atoms with van der Waals surface area (Å²) in [5.74, 6) is 0. The van der Waals surface area contributed by atoms with E-state index in [-0.39, 0.29) is 0 Å². The molecule has 2 heteroatoms. The van der Waals surface area contributed by atoms with Crippen molar-refractivity contribution in [2.45, 2.75) is 6.92 Å². The van der Waals surface area contributed by atoms with E-state index in [1.807, 2.05) is 6.20 Å². The second-order valence-corrected chi connectivity index (χ2v) is 2.77. The summed E-state index contributed by atoms with van der Waals surface area (Å²) in [4.78, 5) is 5.48. The van der Waals surface area contributed by atoms with Crippen molar-refractivity contribution in [3.8, 4) is 0 Å². The Kier molecular flexibility index (Phi) is 1.46. The van der Waals surface area contributed by atoms with Gasteiger partial charge in [0.2, 0.25) is 0 Å². The number of fused-ring (bicyclic) bond motifs is 1. The van der Waals surface area contributed by atoms with Crippen LogP contribution in [0.5, 0.6) is 0 Å². The molecular formula is C9H12N2. The second-order valence-electron chi connectivity index (χ2n) is 2.77. The van der Waals surface area contributed by atoms with E-state index < -0.39 is 0 Å². The Morgan fingerprint density at radius 1 is 1.64 bits per heavy atom. The van der Waals surface area contributed by atoms with Gasteiger partial charge in [0, 0.05) is 36.1 Å². The lowest BCUT2D eigenvalue weighted by atomic mass is 10.3. The second kappa shape index (κ2) is 2.46. The van der Waals surface area contributed by atoms with Crippen molar-refractivity contribution in [3.63, 3.8) is 0 Å². The lowest BCUT2D eigenvalue weighted by Crippen LogP contribution is -2.34. The Labute approximate surface area is 65.8 Å². The predicted molar refractivity (Wildman–Crippen MR) is 46.2 cm³/mol. The minimum atomic E-state index is 1.03. The maximum absolute atomic E-state index is 3.19. The number of aromatic nitrogens is 1. The quantitative estimate of drug-likeness (QED) is 0.587. The molecule has 0 saturated carbocycles. The molecule has 0 spiro atoms. The molecule has 0 amide bonds. The molecule has 0 aliphatic carbocycles. The van der Waals surface area contributed by atoms with E-state index in [9.17, 15) is 0 Å². The molecule has 1 aromatic heterocycles. The Bertz CT molecular complexity index is 348. The van der Waals surface area contributed by atoms with Crippen LogP contribution in [0, 0.1) is 0 Å². The van der Waals surface area contributed by atoms with E-state index in [2.05, 4.69) is 35.1 Å². The molecule has 2 nitrogen and oxygen atoms in total. The summed E-state index contributed by atoms with van der Waals surface area (Å²) < 4.78 is 0. The number of hydrogen-bond acceptors (Lipinski definition) is 1. The van der Waals surface area contributed by atoms with E-state index in [4.69, 9.17) is 0 Å². The normalized spacial score (nSPS) is 15.2. The van der Waals surface area contributed by atoms with Crippen LogP contribution in [0.2, 0.25) is 0 Å². The van der Waals surface area contributed by atoms with Gasteiger partial charge in [0.25, 0.3) is 0 Å². The smallest absolute Gasteiger partial charge is 0.0445 e. The van der Waals surface area contributed by atoms with Crippen molar-refractivity contribution >= 4 is 12.3 Å². The number of nitrogens with one attached hydrogen (secondary N) is 1. The molecule has 0 unspecified atom stereocenters. The minimum absolute atomic E-state index is 1.03. The molecule has 0 radical (unpaired) electrons. The van der Waals surface area contributed by atoms with Gasteiger partial charge in [0.05, 0.1) is 0 Å². The summed E-state index contributed by atoms with van der Waals surface area (Å²) >= 11 is 0. The Morgan fingerprint density at radius 2 is 2.55 bits per heavy atom. The Morgan fingerprint density at radius 3 is 3.36 bits per heavy atom. The lowest BCUT2D eigenvalue weighted by Gasteiger charge is -2.17. The summed E-state index contributed by atoms with van der Waals surface area (Å²) in [7, 11) is 0. The van der Waals surface area contributed by atoms with Crippen molar-refractivity contribution in [1.82, 2.24) is 9.88 Å². The SMILES string of the molecule is CCN1C=c2cc[nH]c2=CC1. The van der Waals surface area contributed by atoms with Crippen molar-refractivity contribution in [2.75, 3.05) is 13.1 Å². The summed E-state index contributed by atoms with van der Waals surface area (Å²) in [6.07, 6.45) is 6.40. The number of hydrogen-bond donors (Lipinski definition) is 1. The van der Waals surface area contributed by atoms with Gasteiger partial charge in [-0.05, 0) is 19.1 Å². The third kappa shape index (κ3) is 1.04. The highest BCUT2D eigenvalue weighted by molar-refractivity contribution is 5.35. The molecular weight excluding hydrogens is 136 g/mol. The number of H-pyrrole nitrogens is 1. The molecule has 1 N–H and O–H groups in total. The maximum Gasteiger partial charge on any atom is 0.0445 e. The Hall–Kier alpha value is -1.18. The molecule has 0 bridgehead atoms. The van der Waals surface area contributed by atoms with Gasteiger partial charge in [-0.15, -0.1) is 0 Å². The molecule has 2 rings (SSSR count). The van der Waals surface area contributed by atoms with E-state index >= 15 is 0 Å². The zero-order chi connectivity index (χ0) is 7.68. The zero-order valence-corrected chi connectivity index (χ0v) is 6.67. The van der Waals surface area contributed by atoms with Crippen molar-refractivity contribution < 1.29 is 0 Å². The van der Waals surface area contributed by atoms with Gasteiger partial charge in [-0.2, -0.15) is 0 Å². The molecule has 0 atom stereocenters. The van der Waals surface area contributed by atoms with Gasteiger partial charge < -0.3 is 9.88 Å². The average Bonchev–Trinajstić information content (AvgIpc) is 2.50. The number of rotatable bonds is 1. The summed E-state index contributed by atoms with van der Waals surface area (Å²) in [5, 5.41) is 2.56. The highest BCUT2D eigenvalue weighted by Crippen LogP contribution is 1.90. The Balaban J connectivity index is 2.53. The molecule has 1 aliphatic heterocycles. The first-order chi connectivity index (χ1) is 5.40. The average molecular weight is 148 g/mol. The molecule has 0 fully saturated rings. The maximum atomic E-state index is 3.19. The first kappa shape index (κ1) is 6.53. The van der Waals surface area contributed by atoms with Gasteiger partial charge >= 0.3 is 0 Å². The van der Waals surface area contributed by atoms with Gasteiger partial charge in [-0.1, -0.05) is 0 Å². The van der Waals surface area contributed by atoms with Crippen LogP contribution in [-0.2, 0) is 0 Å². The summed E-state index contributed by atoms with van der Waals surface area (Å²) in [6, 6.07) is 2.10. The van der Waals surface area contributed by atoms with Crippen LogP contribution >= 0.6 is 0 Å². The fraction of sp³-hybridized carbons (Fsp3) is 0.333. The van der Waals surface area contributed by atoms with Gasteiger partial charge in [-0.25, -0.2) is 0 Å². The number of nitrogens with zero attached hydrogens (tertiary/aromatic N) is 1. The number of aromatic amines is 1. The summed E-state index contributed by atoms with van der Waals surface area (Å²) in [6.45, 7) is 4.28. The lowest BCUT2D eigenvalue weighted by molar-refractivity contribution is 0.486. The molecule has 58 valence electrons. The van der Waals surface area contributed by atoms with Crippen LogP contribution in [0.25, 0.3) is 12.3 Å². The van der Waals surface area contributed by atoms with Crippen LogP contribution in [0.3, 0.4) is 0 Å². The van der Waals surface area contributed by atoms with Gasteiger partial charge in [0.15, 0.2) is 0 Å². The van der Waals surface area contributed by atoms with E-state index in [0.29, 0.717) is 0 Å². The fourth-order valence-electron chi connectivity index (χ4n) is 1.36. The molecule has 2 heterocycles. The first-order valence-corrected chi connectivity index (χ1v) is 3.99. The third-order valence-corrected chi connectivity index (χ3v) is 2.07. The third-order valence-electron chi connectivity index (χ3n) is 2.07. The van der Waals surface area contributed by atoms with Crippen molar-refractivity contribution in [3.05, 3.63) is 22.8 Å². The van der Waals surface area contributed by atoms with Crippen LogP contribution < -0.4 is 10.6 Å². The largest absolute Gasteiger partial charge is 0.373 e. The standard InChI is InChI=1S/C9H12N2/c1-2-11-6-4-9-8(7-11)3-5-10-9/h3-5,7,10H,2,6H2,1H3. The van der Waals surface area contributed by atoms with Gasteiger partial charge in [0.1, 0.15) is 0 Å². The molecule has 1 aromatic rings. The highest BCUT2D eigenvalue weighted by atomic mass is 15.1. The highest BCUT2D eigenvalue weighted by Gasteiger charge is 1.98. The van der Waals surface area contributed by atoms with Crippen LogP contribution in [-0.4, -0.2) is 23.0 Å². The van der Waals surface area contributed by atoms with E-state index in [1.165, 1.54) is 10.6 Å². The predicted octanol–water partition coefficient (Wildman–Crippen LogP) is -0.131. The summed E-state index contributed by atoms with van der Waals surface area (Å²) in [5.41, 5.74) is 0.